The summed E-state index contributed by atoms with van der Waals surface area (Å²) in [6, 6.07) is 25.5. The first-order chi connectivity index (χ1) is 22.2. The van der Waals surface area contributed by atoms with Gasteiger partial charge in [0, 0.05) is 17.5 Å². The molecule has 3 heterocycles. The Morgan fingerprint density at radius 2 is 1.65 bits per heavy atom. The number of carboxylic acid groups (broad SMARTS) is 1. The lowest BCUT2D eigenvalue weighted by molar-refractivity contribution is -0.137. The van der Waals surface area contributed by atoms with Crippen LogP contribution < -0.4 is 0 Å². The summed E-state index contributed by atoms with van der Waals surface area (Å²) < 4.78 is 42.7. The highest BCUT2D eigenvalue weighted by molar-refractivity contribution is 7.21. The number of nitrogens with zero attached hydrogens (tertiary/aromatic N) is 2. The molecule has 0 aliphatic heterocycles. The van der Waals surface area contributed by atoms with Crippen molar-refractivity contribution in [2.45, 2.75) is 64.1 Å². The quantitative estimate of drug-likeness (QED) is 0.189. The summed E-state index contributed by atoms with van der Waals surface area (Å²) in [6.45, 7) is 2.76. The van der Waals surface area contributed by atoms with E-state index in [2.05, 4.69) is 47.9 Å². The first kappa shape index (κ1) is 30.2. The van der Waals surface area contributed by atoms with Crippen LogP contribution in [0.15, 0.2) is 84.9 Å². The van der Waals surface area contributed by atoms with E-state index in [0.29, 0.717) is 28.6 Å². The van der Waals surface area contributed by atoms with Crippen LogP contribution in [-0.2, 0) is 19.1 Å². The van der Waals surface area contributed by atoms with Crippen LogP contribution in [0.3, 0.4) is 0 Å². The second kappa shape index (κ2) is 12.1. The molecular formula is C38H33F3N2O2S. The predicted octanol–water partition coefficient (Wildman–Crippen LogP) is 11.0. The Labute approximate surface area is 269 Å². The van der Waals surface area contributed by atoms with Gasteiger partial charge in [-0.25, -0.2) is 9.78 Å². The lowest BCUT2D eigenvalue weighted by Gasteiger charge is -2.24. The van der Waals surface area contributed by atoms with E-state index in [9.17, 15) is 23.1 Å². The fraction of sp³-hybridized carbons (Fsp3) is 0.263. The van der Waals surface area contributed by atoms with Gasteiger partial charge in [-0.1, -0.05) is 74.7 Å². The molecule has 0 radical (unpaired) electrons. The van der Waals surface area contributed by atoms with E-state index in [1.807, 2.05) is 24.3 Å². The van der Waals surface area contributed by atoms with Gasteiger partial charge in [0.25, 0.3) is 0 Å². The van der Waals surface area contributed by atoms with Gasteiger partial charge in [-0.3, -0.25) is 0 Å². The van der Waals surface area contributed by atoms with Gasteiger partial charge in [0.05, 0.1) is 32.7 Å². The SMILES string of the molecule is CCc1cccc(Cn2c(-c3ccc4nc(-c5ccc(C(F)(F)F)cc5)ccc4c3)c(C3CCCCC3)c3sc(C(=O)O)cc32)c1. The zero-order valence-corrected chi connectivity index (χ0v) is 26.2. The van der Waals surface area contributed by atoms with Crippen LogP contribution in [0.25, 0.3) is 43.6 Å². The second-order valence-corrected chi connectivity index (χ2v) is 13.2. The minimum atomic E-state index is -4.39. The number of aromatic nitrogens is 2. The fourth-order valence-electron chi connectivity index (χ4n) is 6.89. The van der Waals surface area contributed by atoms with Gasteiger partial charge in [0.15, 0.2) is 0 Å². The van der Waals surface area contributed by atoms with Crippen LogP contribution in [-0.4, -0.2) is 20.6 Å². The van der Waals surface area contributed by atoms with Gasteiger partial charge >= 0.3 is 12.1 Å². The van der Waals surface area contributed by atoms with Gasteiger partial charge in [0.1, 0.15) is 4.88 Å². The van der Waals surface area contributed by atoms with E-state index in [-0.39, 0.29) is 0 Å². The number of hydrogen-bond donors (Lipinski definition) is 1. The maximum atomic E-state index is 13.1. The third-order valence-corrected chi connectivity index (χ3v) is 10.4. The molecule has 0 saturated heterocycles. The van der Waals surface area contributed by atoms with Crippen molar-refractivity contribution < 1.29 is 23.1 Å². The van der Waals surface area contributed by atoms with Crippen LogP contribution >= 0.6 is 11.3 Å². The molecule has 3 aromatic carbocycles. The summed E-state index contributed by atoms with van der Waals surface area (Å²) in [5.41, 5.74) is 8.09. The highest BCUT2D eigenvalue weighted by Crippen LogP contribution is 2.47. The van der Waals surface area contributed by atoms with Crippen LogP contribution in [0.1, 0.15) is 76.9 Å². The van der Waals surface area contributed by atoms with Crippen LogP contribution in [0.2, 0.25) is 0 Å². The average Bonchev–Trinajstić information content (AvgIpc) is 3.63. The number of fused-ring (bicyclic) bond motifs is 2. The Hall–Kier alpha value is -4.43. The smallest absolute Gasteiger partial charge is 0.416 e. The molecule has 0 unspecified atom stereocenters. The molecule has 1 fully saturated rings. The molecule has 0 spiro atoms. The van der Waals surface area contributed by atoms with Crippen molar-refractivity contribution in [1.82, 2.24) is 9.55 Å². The Morgan fingerprint density at radius 3 is 2.37 bits per heavy atom. The first-order valence-electron chi connectivity index (χ1n) is 15.8. The lowest BCUT2D eigenvalue weighted by Crippen LogP contribution is -2.08. The molecule has 6 aromatic rings. The van der Waals surface area contributed by atoms with E-state index in [0.717, 1.165) is 76.6 Å². The molecule has 0 bridgehead atoms. The third-order valence-electron chi connectivity index (χ3n) is 9.21. The number of aromatic carboxylic acids is 1. The lowest BCUT2D eigenvalue weighted by atomic mass is 9.83. The molecule has 4 nitrogen and oxygen atoms in total. The zero-order valence-electron chi connectivity index (χ0n) is 25.4. The standard InChI is InChI=1S/C38H33F3N2O2S/c1-2-23-7-6-8-24(19-23)22-43-32-21-33(37(44)45)46-36(32)34(26-9-4-3-5-10-26)35(43)28-14-18-31-27(20-28)13-17-30(42-31)25-11-15-29(16-12-25)38(39,40)41/h6-8,11-21,26H,2-5,9-10,22H2,1H3,(H,44,45). The van der Waals surface area contributed by atoms with Crippen molar-refractivity contribution in [2.75, 3.05) is 0 Å². The Morgan fingerprint density at radius 1 is 0.913 bits per heavy atom. The minimum absolute atomic E-state index is 0.339. The molecule has 7 rings (SSSR count). The molecule has 0 atom stereocenters. The normalized spacial score (nSPS) is 14.3. The number of aryl methyl sites for hydroxylation is 1. The summed E-state index contributed by atoms with van der Waals surface area (Å²) in [5.74, 6) is -0.567. The highest BCUT2D eigenvalue weighted by Gasteiger charge is 2.31. The molecule has 1 N–H and O–H groups in total. The number of rotatable bonds is 7. The second-order valence-electron chi connectivity index (χ2n) is 12.2. The maximum Gasteiger partial charge on any atom is 0.416 e. The summed E-state index contributed by atoms with van der Waals surface area (Å²) in [4.78, 5) is 17.3. The fourth-order valence-corrected chi connectivity index (χ4v) is 8.02. The average molecular weight is 639 g/mol. The van der Waals surface area contributed by atoms with Gasteiger partial charge < -0.3 is 9.67 Å². The van der Waals surface area contributed by atoms with Crippen molar-refractivity contribution in [3.8, 4) is 22.5 Å². The van der Waals surface area contributed by atoms with Crippen molar-refractivity contribution in [1.29, 1.82) is 0 Å². The molecule has 0 amide bonds. The Balaban J connectivity index is 1.37. The van der Waals surface area contributed by atoms with Crippen LogP contribution in [0, 0.1) is 0 Å². The zero-order chi connectivity index (χ0) is 32.0. The summed E-state index contributed by atoms with van der Waals surface area (Å²) in [5, 5.41) is 10.9. The predicted molar refractivity (Wildman–Crippen MR) is 179 cm³/mol. The molecule has 1 aliphatic carbocycles. The molecule has 1 saturated carbocycles. The maximum absolute atomic E-state index is 13.1. The number of hydrogen-bond acceptors (Lipinski definition) is 3. The van der Waals surface area contributed by atoms with E-state index in [4.69, 9.17) is 4.98 Å². The first-order valence-corrected chi connectivity index (χ1v) is 16.6. The summed E-state index contributed by atoms with van der Waals surface area (Å²) in [7, 11) is 0. The Kier molecular flexibility index (Phi) is 7.93. The topological polar surface area (TPSA) is 55.1 Å². The molecule has 1 aliphatic rings. The van der Waals surface area contributed by atoms with Gasteiger partial charge in [-0.05, 0) is 83.8 Å². The van der Waals surface area contributed by atoms with Crippen LogP contribution in [0.5, 0.6) is 0 Å². The molecule has 3 aromatic heterocycles. The van der Waals surface area contributed by atoms with Crippen molar-refractivity contribution >= 4 is 38.4 Å². The summed E-state index contributed by atoms with van der Waals surface area (Å²) in [6.07, 6.45) is 2.22. The molecule has 234 valence electrons. The van der Waals surface area contributed by atoms with E-state index < -0.39 is 17.7 Å². The van der Waals surface area contributed by atoms with E-state index in [1.54, 1.807) is 0 Å². The van der Waals surface area contributed by atoms with Crippen molar-refractivity contribution in [2.24, 2.45) is 0 Å². The number of halogens is 3. The van der Waals surface area contributed by atoms with Crippen LogP contribution in [0.4, 0.5) is 13.2 Å². The number of carboxylic acids is 1. The third kappa shape index (κ3) is 5.71. The largest absolute Gasteiger partial charge is 0.477 e. The minimum Gasteiger partial charge on any atom is -0.477 e. The number of alkyl halides is 3. The van der Waals surface area contributed by atoms with E-state index >= 15 is 0 Å². The Bertz CT molecular complexity index is 2070. The number of carbonyl (C=O) groups is 1. The summed E-state index contributed by atoms with van der Waals surface area (Å²) >= 11 is 1.38. The van der Waals surface area contributed by atoms with Crippen molar-refractivity contribution in [3.05, 3.63) is 112 Å². The molecular weight excluding hydrogens is 605 g/mol. The number of pyridine rings is 1. The van der Waals surface area contributed by atoms with Crippen molar-refractivity contribution in [3.63, 3.8) is 0 Å². The molecule has 8 heteroatoms. The van der Waals surface area contributed by atoms with Gasteiger partial charge in [-0.2, -0.15) is 13.2 Å². The number of thiophene rings is 1. The van der Waals surface area contributed by atoms with E-state index in [1.165, 1.54) is 46.6 Å². The monoisotopic (exact) mass is 638 g/mol. The highest BCUT2D eigenvalue weighted by atomic mass is 32.1. The molecule has 46 heavy (non-hydrogen) atoms. The number of benzene rings is 3. The van der Waals surface area contributed by atoms with Gasteiger partial charge in [-0.15, -0.1) is 11.3 Å². The van der Waals surface area contributed by atoms with Gasteiger partial charge in [0.2, 0.25) is 0 Å².